The largest absolute Gasteiger partial charge is 0.508 e. The topological polar surface area (TPSA) is 91.6 Å². The molecular formula is C29H33N7O2. The van der Waals surface area contributed by atoms with Crippen molar-refractivity contribution in [1.29, 1.82) is 0 Å². The first-order chi connectivity index (χ1) is 18.7. The summed E-state index contributed by atoms with van der Waals surface area (Å²) in [4.78, 5) is 14.8. The number of rotatable bonds is 6. The number of nitrogens with one attached hydrogen (secondary N) is 1. The van der Waals surface area contributed by atoms with E-state index in [2.05, 4.69) is 50.1 Å². The summed E-state index contributed by atoms with van der Waals surface area (Å²) in [5.41, 5.74) is 3.06. The van der Waals surface area contributed by atoms with Gasteiger partial charge in [-0.1, -0.05) is 30.3 Å². The Labute approximate surface area is 222 Å². The van der Waals surface area contributed by atoms with Crippen molar-refractivity contribution in [2.24, 2.45) is 0 Å². The number of ether oxygens (including phenoxy) is 1. The van der Waals surface area contributed by atoms with Crippen molar-refractivity contribution >= 4 is 28.5 Å². The number of likely N-dealkylation sites (tertiary alicyclic amines) is 1. The molecule has 2 atom stereocenters. The number of aromatic hydroxyl groups is 1. The molecule has 9 heteroatoms. The number of hydrogen-bond donors (Lipinski definition) is 2. The van der Waals surface area contributed by atoms with Crippen molar-refractivity contribution in [2.45, 2.75) is 50.5 Å². The highest BCUT2D eigenvalue weighted by atomic mass is 16.5. The monoisotopic (exact) mass is 511 g/mol. The van der Waals surface area contributed by atoms with Crippen molar-refractivity contribution in [3.63, 3.8) is 0 Å². The number of hydrogen-bond acceptors (Lipinski definition) is 8. The van der Waals surface area contributed by atoms with E-state index in [1.807, 2.05) is 18.3 Å². The second-order valence-corrected chi connectivity index (χ2v) is 10.7. The standard InChI is InChI=1S/C29H33N7O2/c37-23-8-6-21(7-9-23)31-29-32-27(35-18-24-10-11-25(19-35)38-24)26-16-30-36(28(26)33-29)22-12-14-34(15-13-22)17-20-4-2-1-3-5-20/h1-9,16,22,24-25,37H,10-15,17-19H2,(H,31,32,33). The van der Waals surface area contributed by atoms with Gasteiger partial charge in [0.15, 0.2) is 5.65 Å². The highest BCUT2D eigenvalue weighted by molar-refractivity contribution is 5.88. The summed E-state index contributed by atoms with van der Waals surface area (Å²) in [6, 6.07) is 18.0. The average molecular weight is 512 g/mol. The predicted molar refractivity (Wildman–Crippen MR) is 147 cm³/mol. The van der Waals surface area contributed by atoms with Gasteiger partial charge in [-0.05, 0) is 55.5 Å². The summed E-state index contributed by atoms with van der Waals surface area (Å²) in [6.45, 7) is 4.73. The van der Waals surface area contributed by atoms with E-state index in [9.17, 15) is 5.11 Å². The maximum Gasteiger partial charge on any atom is 0.231 e. The van der Waals surface area contributed by atoms with E-state index in [0.29, 0.717) is 12.0 Å². The van der Waals surface area contributed by atoms with Gasteiger partial charge in [0.25, 0.3) is 0 Å². The van der Waals surface area contributed by atoms with E-state index in [1.54, 1.807) is 12.1 Å². The van der Waals surface area contributed by atoms with Crippen LogP contribution in [0, 0.1) is 0 Å². The highest BCUT2D eigenvalue weighted by Crippen LogP contribution is 2.35. The van der Waals surface area contributed by atoms with Crippen molar-refractivity contribution in [2.75, 3.05) is 36.4 Å². The van der Waals surface area contributed by atoms with Gasteiger partial charge in [0, 0.05) is 38.4 Å². The van der Waals surface area contributed by atoms with Crippen LogP contribution in [0.1, 0.15) is 37.3 Å². The number of fused-ring (bicyclic) bond motifs is 3. The lowest BCUT2D eigenvalue weighted by molar-refractivity contribution is 0.0303. The van der Waals surface area contributed by atoms with E-state index >= 15 is 0 Å². The van der Waals surface area contributed by atoms with Crippen molar-refractivity contribution < 1.29 is 9.84 Å². The molecule has 2 aromatic heterocycles. The Morgan fingerprint density at radius 2 is 1.63 bits per heavy atom. The molecule has 3 saturated heterocycles. The van der Waals surface area contributed by atoms with Crippen LogP contribution in [0.3, 0.4) is 0 Å². The van der Waals surface area contributed by atoms with Gasteiger partial charge in [-0.2, -0.15) is 15.1 Å². The van der Waals surface area contributed by atoms with Gasteiger partial charge in [-0.3, -0.25) is 4.90 Å². The minimum atomic E-state index is 0.230. The van der Waals surface area contributed by atoms with Crippen LogP contribution in [0.4, 0.5) is 17.5 Å². The maximum absolute atomic E-state index is 9.70. The molecule has 9 nitrogen and oxygen atoms in total. The minimum Gasteiger partial charge on any atom is -0.508 e. The summed E-state index contributed by atoms with van der Waals surface area (Å²) in [5, 5.41) is 18.9. The third kappa shape index (κ3) is 4.68. The summed E-state index contributed by atoms with van der Waals surface area (Å²) in [7, 11) is 0. The zero-order chi connectivity index (χ0) is 25.5. The van der Waals surface area contributed by atoms with Crippen molar-refractivity contribution in [3.05, 3.63) is 66.4 Å². The van der Waals surface area contributed by atoms with Crippen LogP contribution in [0.25, 0.3) is 11.0 Å². The number of nitrogens with zero attached hydrogens (tertiary/aromatic N) is 6. The smallest absolute Gasteiger partial charge is 0.231 e. The average Bonchev–Trinajstić information content (AvgIpc) is 3.52. The van der Waals surface area contributed by atoms with Crippen LogP contribution in [-0.2, 0) is 11.3 Å². The predicted octanol–water partition coefficient (Wildman–Crippen LogP) is 4.48. The third-order valence-corrected chi connectivity index (χ3v) is 8.05. The minimum absolute atomic E-state index is 0.230. The molecule has 0 aliphatic carbocycles. The number of benzene rings is 2. The first-order valence-corrected chi connectivity index (χ1v) is 13.7. The van der Waals surface area contributed by atoms with Gasteiger partial charge in [0.1, 0.15) is 11.6 Å². The van der Waals surface area contributed by atoms with Crippen LogP contribution in [0.2, 0.25) is 0 Å². The zero-order valence-corrected chi connectivity index (χ0v) is 21.4. The molecule has 2 unspecified atom stereocenters. The van der Waals surface area contributed by atoms with E-state index in [1.165, 1.54) is 5.56 Å². The molecule has 3 aliphatic heterocycles. The quantitative estimate of drug-likeness (QED) is 0.366. The Hall–Kier alpha value is -3.69. The molecule has 7 rings (SSSR count). The van der Waals surface area contributed by atoms with Crippen LogP contribution in [-0.4, -0.2) is 68.1 Å². The molecule has 0 amide bonds. The number of morpholine rings is 1. The van der Waals surface area contributed by atoms with Crippen molar-refractivity contribution in [3.8, 4) is 5.75 Å². The number of piperidine rings is 1. The number of aromatic nitrogens is 4. The summed E-state index contributed by atoms with van der Waals surface area (Å²) < 4.78 is 8.22. The third-order valence-electron chi connectivity index (χ3n) is 8.05. The summed E-state index contributed by atoms with van der Waals surface area (Å²) >= 11 is 0. The maximum atomic E-state index is 9.70. The molecule has 38 heavy (non-hydrogen) atoms. The molecule has 2 bridgehead atoms. The van der Waals surface area contributed by atoms with Crippen LogP contribution >= 0.6 is 0 Å². The van der Waals surface area contributed by atoms with E-state index in [4.69, 9.17) is 19.8 Å². The molecule has 196 valence electrons. The Bertz CT molecular complexity index is 1390. The van der Waals surface area contributed by atoms with Crippen LogP contribution in [0.5, 0.6) is 5.75 Å². The zero-order valence-electron chi connectivity index (χ0n) is 21.4. The Morgan fingerprint density at radius 1 is 0.895 bits per heavy atom. The molecule has 2 N–H and O–H groups in total. The number of anilines is 3. The molecule has 2 aromatic carbocycles. The molecule has 4 aromatic rings. The van der Waals surface area contributed by atoms with Crippen LogP contribution in [0.15, 0.2) is 60.8 Å². The van der Waals surface area contributed by atoms with E-state index in [-0.39, 0.29) is 18.0 Å². The van der Waals surface area contributed by atoms with Gasteiger partial charge in [-0.15, -0.1) is 0 Å². The Morgan fingerprint density at radius 3 is 2.37 bits per heavy atom. The lowest BCUT2D eigenvalue weighted by Gasteiger charge is -2.33. The SMILES string of the molecule is Oc1ccc(Nc2nc(N3CC4CCC(C3)O4)c3cnn(C4CCN(Cc5ccccc5)CC4)c3n2)cc1. The van der Waals surface area contributed by atoms with Crippen molar-refractivity contribution in [1.82, 2.24) is 24.6 Å². The fourth-order valence-corrected chi connectivity index (χ4v) is 6.10. The summed E-state index contributed by atoms with van der Waals surface area (Å²) in [6.07, 6.45) is 6.75. The van der Waals surface area contributed by atoms with Crippen LogP contribution < -0.4 is 10.2 Å². The number of phenolic OH excluding ortho intramolecular Hbond substituents is 1. The molecule has 0 radical (unpaired) electrons. The molecule has 0 spiro atoms. The van der Waals surface area contributed by atoms with Gasteiger partial charge in [0.2, 0.25) is 5.95 Å². The van der Waals surface area contributed by atoms with Gasteiger partial charge >= 0.3 is 0 Å². The fourth-order valence-electron chi connectivity index (χ4n) is 6.10. The molecule has 5 heterocycles. The Kier molecular flexibility index (Phi) is 6.09. The van der Waals surface area contributed by atoms with Gasteiger partial charge in [-0.25, -0.2) is 4.68 Å². The lowest BCUT2D eigenvalue weighted by atomic mass is 10.0. The number of phenols is 1. The Balaban J connectivity index is 1.18. The second kappa shape index (κ2) is 9.89. The molecular weight excluding hydrogens is 478 g/mol. The first kappa shape index (κ1) is 23.4. The first-order valence-electron chi connectivity index (χ1n) is 13.7. The van der Waals surface area contributed by atoms with E-state index in [0.717, 1.165) is 80.9 Å². The molecule has 3 fully saturated rings. The molecule has 0 saturated carbocycles. The van der Waals surface area contributed by atoms with Gasteiger partial charge < -0.3 is 20.1 Å². The normalized spacial score (nSPS) is 22.3. The fraction of sp³-hybridized carbons (Fsp3) is 0.414. The summed E-state index contributed by atoms with van der Waals surface area (Å²) in [5.74, 6) is 1.69. The van der Waals surface area contributed by atoms with Gasteiger partial charge in [0.05, 0.1) is 29.8 Å². The van der Waals surface area contributed by atoms with E-state index < -0.39 is 0 Å². The molecule has 3 aliphatic rings. The lowest BCUT2D eigenvalue weighted by Crippen LogP contribution is -2.43. The second-order valence-electron chi connectivity index (χ2n) is 10.7. The highest BCUT2D eigenvalue weighted by Gasteiger charge is 2.35.